The van der Waals surface area contributed by atoms with E-state index in [0.29, 0.717) is 5.69 Å². The number of para-hydroxylation sites is 1. The second kappa shape index (κ2) is 5.40. The molecular formula is C17H16N2O2. The lowest BCUT2D eigenvalue weighted by Crippen LogP contribution is -2.34. The fourth-order valence-corrected chi connectivity index (χ4v) is 2.44. The third kappa shape index (κ3) is 2.65. The zero-order chi connectivity index (χ0) is 14.8. The van der Waals surface area contributed by atoms with Gasteiger partial charge in [-0.15, -0.1) is 0 Å². The SMILES string of the molecule is Cc1ccc(NC2CC(=O)N(c3ccccc3)C2=O)cc1. The number of aryl methyl sites for hydroxylation is 1. The van der Waals surface area contributed by atoms with Crippen molar-refractivity contribution in [3.05, 3.63) is 60.2 Å². The number of carbonyl (C=O) groups is 2. The lowest BCUT2D eigenvalue weighted by atomic mass is 10.2. The second-order valence-corrected chi connectivity index (χ2v) is 5.17. The summed E-state index contributed by atoms with van der Waals surface area (Å²) in [7, 11) is 0. The van der Waals surface area contributed by atoms with Crippen LogP contribution in [0.25, 0.3) is 0 Å². The van der Waals surface area contributed by atoms with Gasteiger partial charge in [0, 0.05) is 5.69 Å². The van der Waals surface area contributed by atoms with E-state index in [1.54, 1.807) is 12.1 Å². The number of benzene rings is 2. The van der Waals surface area contributed by atoms with E-state index < -0.39 is 6.04 Å². The summed E-state index contributed by atoms with van der Waals surface area (Å²) in [5, 5.41) is 3.14. The van der Waals surface area contributed by atoms with E-state index >= 15 is 0 Å². The van der Waals surface area contributed by atoms with E-state index in [-0.39, 0.29) is 18.2 Å². The molecule has 4 heteroatoms. The molecule has 2 aromatic carbocycles. The molecule has 4 nitrogen and oxygen atoms in total. The van der Waals surface area contributed by atoms with E-state index in [1.165, 1.54) is 4.90 Å². The Kier molecular flexibility index (Phi) is 3.44. The minimum Gasteiger partial charge on any atom is -0.373 e. The maximum Gasteiger partial charge on any atom is 0.256 e. The van der Waals surface area contributed by atoms with E-state index in [9.17, 15) is 9.59 Å². The van der Waals surface area contributed by atoms with Crippen LogP contribution in [0.15, 0.2) is 54.6 Å². The molecule has 0 aliphatic carbocycles. The quantitative estimate of drug-likeness (QED) is 0.879. The number of carbonyl (C=O) groups excluding carboxylic acids is 2. The molecule has 106 valence electrons. The second-order valence-electron chi connectivity index (χ2n) is 5.17. The molecule has 0 saturated carbocycles. The Balaban J connectivity index is 1.79. The summed E-state index contributed by atoms with van der Waals surface area (Å²) >= 11 is 0. The fourth-order valence-electron chi connectivity index (χ4n) is 2.44. The van der Waals surface area contributed by atoms with Gasteiger partial charge < -0.3 is 5.32 Å². The van der Waals surface area contributed by atoms with Crippen molar-refractivity contribution < 1.29 is 9.59 Å². The first kappa shape index (κ1) is 13.4. The van der Waals surface area contributed by atoms with Crippen molar-refractivity contribution in [3.8, 4) is 0 Å². The molecule has 2 amide bonds. The summed E-state index contributed by atoms with van der Waals surface area (Å²) in [6.45, 7) is 2.01. The number of imide groups is 1. The molecule has 21 heavy (non-hydrogen) atoms. The van der Waals surface area contributed by atoms with Crippen molar-refractivity contribution in [2.75, 3.05) is 10.2 Å². The highest BCUT2D eigenvalue weighted by Crippen LogP contribution is 2.24. The van der Waals surface area contributed by atoms with Crippen molar-refractivity contribution in [2.45, 2.75) is 19.4 Å². The predicted molar refractivity (Wildman–Crippen MR) is 82.1 cm³/mol. The molecule has 1 unspecified atom stereocenters. The third-order valence-electron chi connectivity index (χ3n) is 3.55. The lowest BCUT2D eigenvalue weighted by molar-refractivity contribution is -0.121. The summed E-state index contributed by atoms with van der Waals surface area (Å²) in [5.74, 6) is -0.373. The van der Waals surface area contributed by atoms with E-state index in [0.717, 1.165) is 11.3 Å². The molecule has 2 aromatic rings. The van der Waals surface area contributed by atoms with Gasteiger partial charge in [-0.2, -0.15) is 0 Å². The van der Waals surface area contributed by atoms with Gasteiger partial charge in [-0.05, 0) is 31.2 Å². The van der Waals surface area contributed by atoms with Crippen LogP contribution in [-0.2, 0) is 9.59 Å². The van der Waals surface area contributed by atoms with Crippen LogP contribution in [0.3, 0.4) is 0 Å². The number of hydrogen-bond donors (Lipinski definition) is 1. The monoisotopic (exact) mass is 280 g/mol. The van der Waals surface area contributed by atoms with Gasteiger partial charge in [0.25, 0.3) is 5.91 Å². The first-order valence-corrected chi connectivity index (χ1v) is 6.90. The maximum atomic E-state index is 12.4. The van der Waals surface area contributed by atoms with Crippen molar-refractivity contribution >= 4 is 23.2 Å². The number of rotatable bonds is 3. The molecule has 3 rings (SSSR count). The third-order valence-corrected chi connectivity index (χ3v) is 3.55. The highest BCUT2D eigenvalue weighted by Gasteiger charge is 2.39. The Hall–Kier alpha value is -2.62. The Morgan fingerprint density at radius 3 is 2.33 bits per heavy atom. The first-order chi connectivity index (χ1) is 10.1. The van der Waals surface area contributed by atoms with E-state index in [2.05, 4.69) is 5.32 Å². The molecule has 1 aliphatic heterocycles. The van der Waals surface area contributed by atoms with Crippen LogP contribution < -0.4 is 10.2 Å². The van der Waals surface area contributed by atoms with E-state index in [4.69, 9.17) is 0 Å². The molecule has 1 atom stereocenters. The number of anilines is 2. The van der Waals surface area contributed by atoms with Crippen molar-refractivity contribution in [1.82, 2.24) is 0 Å². The molecule has 1 saturated heterocycles. The largest absolute Gasteiger partial charge is 0.373 e. The zero-order valence-corrected chi connectivity index (χ0v) is 11.7. The normalized spacial score (nSPS) is 18.1. The molecular weight excluding hydrogens is 264 g/mol. The van der Waals surface area contributed by atoms with Gasteiger partial charge in [-0.25, -0.2) is 4.90 Å². The minimum absolute atomic E-state index is 0.171. The number of nitrogens with one attached hydrogen (secondary N) is 1. The van der Waals surface area contributed by atoms with E-state index in [1.807, 2.05) is 49.4 Å². The topological polar surface area (TPSA) is 49.4 Å². The standard InChI is InChI=1S/C17H16N2O2/c1-12-7-9-13(10-8-12)18-15-11-16(20)19(17(15)21)14-5-3-2-4-6-14/h2-10,15,18H,11H2,1H3. The molecule has 1 N–H and O–H groups in total. The van der Waals surface area contributed by atoms with Crippen molar-refractivity contribution in [1.29, 1.82) is 0 Å². The molecule has 0 aromatic heterocycles. The number of hydrogen-bond acceptors (Lipinski definition) is 3. The minimum atomic E-state index is -0.500. The smallest absolute Gasteiger partial charge is 0.256 e. The summed E-state index contributed by atoms with van der Waals surface area (Å²) in [6.07, 6.45) is 0.182. The van der Waals surface area contributed by atoms with Crippen LogP contribution in [0.1, 0.15) is 12.0 Å². The van der Waals surface area contributed by atoms with Gasteiger partial charge in [0.2, 0.25) is 5.91 Å². The Morgan fingerprint density at radius 2 is 1.67 bits per heavy atom. The molecule has 0 radical (unpaired) electrons. The summed E-state index contributed by atoms with van der Waals surface area (Å²) in [6, 6.07) is 16.3. The fraction of sp³-hybridized carbons (Fsp3) is 0.176. The van der Waals surface area contributed by atoms with Gasteiger partial charge in [0.1, 0.15) is 6.04 Å². The average Bonchev–Trinajstić information content (AvgIpc) is 2.77. The van der Waals surface area contributed by atoms with Gasteiger partial charge >= 0.3 is 0 Å². The van der Waals surface area contributed by atoms with Crippen LogP contribution in [0, 0.1) is 6.92 Å². The Labute approximate surface area is 123 Å². The van der Waals surface area contributed by atoms with Crippen molar-refractivity contribution in [3.63, 3.8) is 0 Å². The van der Waals surface area contributed by atoms with Gasteiger partial charge in [0.15, 0.2) is 0 Å². The zero-order valence-electron chi connectivity index (χ0n) is 11.7. The molecule has 1 heterocycles. The summed E-state index contributed by atoms with van der Waals surface area (Å²) in [4.78, 5) is 25.8. The highest BCUT2D eigenvalue weighted by atomic mass is 16.2. The van der Waals surface area contributed by atoms with Crippen LogP contribution in [0.4, 0.5) is 11.4 Å². The number of nitrogens with zero attached hydrogens (tertiary/aromatic N) is 1. The molecule has 1 aliphatic rings. The average molecular weight is 280 g/mol. The Morgan fingerprint density at radius 1 is 1.00 bits per heavy atom. The van der Waals surface area contributed by atoms with Gasteiger partial charge in [-0.1, -0.05) is 35.9 Å². The molecule has 1 fully saturated rings. The number of amides is 2. The lowest BCUT2D eigenvalue weighted by Gasteiger charge is -2.16. The van der Waals surface area contributed by atoms with Crippen LogP contribution >= 0.6 is 0 Å². The summed E-state index contributed by atoms with van der Waals surface area (Å²) < 4.78 is 0. The van der Waals surface area contributed by atoms with Crippen molar-refractivity contribution in [2.24, 2.45) is 0 Å². The van der Waals surface area contributed by atoms with Gasteiger partial charge in [-0.3, -0.25) is 9.59 Å². The van der Waals surface area contributed by atoms with Crippen LogP contribution in [-0.4, -0.2) is 17.9 Å². The molecule has 0 bridgehead atoms. The predicted octanol–water partition coefficient (Wildman–Crippen LogP) is 2.74. The maximum absolute atomic E-state index is 12.4. The van der Waals surface area contributed by atoms with Crippen LogP contribution in [0.5, 0.6) is 0 Å². The first-order valence-electron chi connectivity index (χ1n) is 6.90. The Bertz CT molecular complexity index is 665. The summed E-state index contributed by atoms with van der Waals surface area (Å²) in [5.41, 5.74) is 2.63. The molecule has 0 spiro atoms. The van der Waals surface area contributed by atoms with Crippen LogP contribution in [0.2, 0.25) is 0 Å². The highest BCUT2D eigenvalue weighted by molar-refractivity contribution is 6.23. The van der Waals surface area contributed by atoms with Gasteiger partial charge in [0.05, 0.1) is 12.1 Å².